The van der Waals surface area contributed by atoms with Crippen molar-refractivity contribution in [3.8, 4) is 5.69 Å². The fourth-order valence-corrected chi connectivity index (χ4v) is 2.61. The van der Waals surface area contributed by atoms with Gasteiger partial charge in [-0.05, 0) is 38.1 Å². The summed E-state index contributed by atoms with van der Waals surface area (Å²) in [6, 6.07) is 6.39. The van der Waals surface area contributed by atoms with Crippen molar-refractivity contribution in [2.45, 2.75) is 26.9 Å². The van der Waals surface area contributed by atoms with Crippen LogP contribution in [0.2, 0.25) is 0 Å². The van der Waals surface area contributed by atoms with Crippen molar-refractivity contribution in [3.05, 3.63) is 65.8 Å². The molecule has 0 aliphatic heterocycles. The maximum Gasteiger partial charge on any atom is 0.123 e. The molecule has 2 aromatic heterocycles. The van der Waals surface area contributed by atoms with E-state index in [-0.39, 0.29) is 5.82 Å². The van der Waals surface area contributed by atoms with E-state index in [0.717, 1.165) is 36.7 Å². The van der Waals surface area contributed by atoms with Gasteiger partial charge in [0.2, 0.25) is 0 Å². The Morgan fingerprint density at radius 2 is 1.96 bits per heavy atom. The first-order chi connectivity index (χ1) is 11.1. The predicted octanol–water partition coefficient (Wildman–Crippen LogP) is 2.61. The number of hydrogen-bond donors (Lipinski definition) is 1. The molecular formula is C17H20FN5. The van der Waals surface area contributed by atoms with E-state index in [1.807, 2.05) is 35.6 Å². The van der Waals surface area contributed by atoms with Gasteiger partial charge in [0.1, 0.15) is 5.82 Å². The Hall–Kier alpha value is -2.47. The molecule has 120 valence electrons. The van der Waals surface area contributed by atoms with Crippen LogP contribution in [0.4, 0.5) is 4.39 Å². The molecule has 1 aromatic carbocycles. The predicted molar refractivity (Wildman–Crippen MR) is 86.9 cm³/mol. The van der Waals surface area contributed by atoms with Crippen molar-refractivity contribution in [1.29, 1.82) is 0 Å². The molecule has 0 fully saturated rings. The summed E-state index contributed by atoms with van der Waals surface area (Å²) in [6.07, 6.45) is 5.54. The lowest BCUT2D eigenvalue weighted by atomic mass is 10.2. The number of nitrogens with zero attached hydrogens (tertiary/aromatic N) is 4. The van der Waals surface area contributed by atoms with Crippen LogP contribution in [0, 0.1) is 19.7 Å². The van der Waals surface area contributed by atoms with Gasteiger partial charge in [0.15, 0.2) is 0 Å². The average molecular weight is 313 g/mol. The van der Waals surface area contributed by atoms with Gasteiger partial charge in [-0.3, -0.25) is 0 Å². The lowest BCUT2D eigenvalue weighted by Gasteiger charge is -2.07. The third-order valence-corrected chi connectivity index (χ3v) is 3.92. The SMILES string of the molecule is Cc1nn(-c2ccc(F)cc2)c(C)c1CNCCn1ccnc1. The standard InChI is InChI=1S/C17H20FN5/c1-13-17(11-19-7-9-22-10-8-20-12-22)14(2)23(21-13)16-5-3-15(18)4-6-16/h3-6,8,10,12,19H,7,9,11H2,1-2H3. The average Bonchev–Trinajstić information content (AvgIpc) is 3.15. The van der Waals surface area contributed by atoms with E-state index in [1.165, 1.54) is 17.7 Å². The fourth-order valence-electron chi connectivity index (χ4n) is 2.61. The lowest BCUT2D eigenvalue weighted by molar-refractivity contribution is 0.595. The molecule has 0 radical (unpaired) electrons. The Balaban J connectivity index is 1.67. The van der Waals surface area contributed by atoms with Gasteiger partial charge in [0.05, 0.1) is 17.7 Å². The highest BCUT2D eigenvalue weighted by Gasteiger charge is 2.12. The second-order valence-electron chi connectivity index (χ2n) is 5.51. The number of halogens is 1. The Labute approximate surface area is 134 Å². The minimum absolute atomic E-state index is 0.239. The molecule has 5 nitrogen and oxygen atoms in total. The number of aromatic nitrogens is 4. The van der Waals surface area contributed by atoms with E-state index in [2.05, 4.69) is 15.4 Å². The lowest BCUT2D eigenvalue weighted by Crippen LogP contribution is -2.19. The van der Waals surface area contributed by atoms with E-state index in [9.17, 15) is 4.39 Å². The molecule has 0 saturated heterocycles. The summed E-state index contributed by atoms with van der Waals surface area (Å²) < 4.78 is 17.0. The van der Waals surface area contributed by atoms with Crippen LogP contribution in [0.5, 0.6) is 0 Å². The fraction of sp³-hybridized carbons (Fsp3) is 0.294. The van der Waals surface area contributed by atoms with E-state index >= 15 is 0 Å². The zero-order chi connectivity index (χ0) is 16.2. The van der Waals surface area contributed by atoms with Gasteiger partial charge >= 0.3 is 0 Å². The van der Waals surface area contributed by atoms with Gasteiger partial charge in [-0.25, -0.2) is 14.1 Å². The van der Waals surface area contributed by atoms with Crippen molar-refractivity contribution in [2.75, 3.05) is 6.54 Å². The monoisotopic (exact) mass is 313 g/mol. The van der Waals surface area contributed by atoms with Crippen LogP contribution >= 0.6 is 0 Å². The Morgan fingerprint density at radius 1 is 1.17 bits per heavy atom. The molecular weight excluding hydrogens is 293 g/mol. The third-order valence-electron chi connectivity index (χ3n) is 3.92. The van der Waals surface area contributed by atoms with Gasteiger partial charge in [-0.2, -0.15) is 5.10 Å². The minimum Gasteiger partial charge on any atom is -0.336 e. The summed E-state index contributed by atoms with van der Waals surface area (Å²) in [5.74, 6) is -0.239. The van der Waals surface area contributed by atoms with Crippen LogP contribution in [0.25, 0.3) is 5.69 Å². The van der Waals surface area contributed by atoms with Crippen LogP contribution in [-0.4, -0.2) is 25.9 Å². The summed E-state index contributed by atoms with van der Waals surface area (Å²) in [4.78, 5) is 4.03. The number of imidazole rings is 1. The van der Waals surface area contributed by atoms with Gasteiger partial charge in [0.25, 0.3) is 0 Å². The number of aryl methyl sites for hydroxylation is 1. The van der Waals surface area contributed by atoms with Gasteiger partial charge < -0.3 is 9.88 Å². The van der Waals surface area contributed by atoms with Crippen molar-refractivity contribution >= 4 is 0 Å². The zero-order valence-electron chi connectivity index (χ0n) is 13.3. The summed E-state index contributed by atoms with van der Waals surface area (Å²) in [5.41, 5.74) is 4.11. The molecule has 0 aliphatic carbocycles. The first kappa shape index (κ1) is 15.4. The molecule has 3 rings (SSSR count). The van der Waals surface area contributed by atoms with E-state index in [4.69, 9.17) is 0 Å². The normalized spacial score (nSPS) is 11.1. The van der Waals surface area contributed by atoms with Gasteiger partial charge in [-0.15, -0.1) is 0 Å². The van der Waals surface area contributed by atoms with Gasteiger partial charge in [0, 0.05) is 43.3 Å². The van der Waals surface area contributed by atoms with E-state index in [1.54, 1.807) is 18.3 Å². The molecule has 0 bridgehead atoms. The highest BCUT2D eigenvalue weighted by atomic mass is 19.1. The summed E-state index contributed by atoms with van der Waals surface area (Å²) in [7, 11) is 0. The molecule has 0 unspecified atom stereocenters. The summed E-state index contributed by atoms with van der Waals surface area (Å²) in [5, 5.41) is 8.01. The van der Waals surface area contributed by atoms with Crippen molar-refractivity contribution in [3.63, 3.8) is 0 Å². The molecule has 0 spiro atoms. The van der Waals surface area contributed by atoms with Crippen LogP contribution < -0.4 is 5.32 Å². The Morgan fingerprint density at radius 3 is 2.65 bits per heavy atom. The highest BCUT2D eigenvalue weighted by molar-refractivity contribution is 5.37. The van der Waals surface area contributed by atoms with Crippen LogP contribution in [0.1, 0.15) is 17.0 Å². The second-order valence-corrected chi connectivity index (χ2v) is 5.51. The van der Waals surface area contributed by atoms with Crippen molar-refractivity contribution in [2.24, 2.45) is 0 Å². The van der Waals surface area contributed by atoms with E-state index < -0.39 is 0 Å². The van der Waals surface area contributed by atoms with Crippen LogP contribution in [-0.2, 0) is 13.1 Å². The first-order valence-corrected chi connectivity index (χ1v) is 7.62. The minimum atomic E-state index is -0.239. The van der Waals surface area contributed by atoms with Crippen LogP contribution in [0.15, 0.2) is 43.0 Å². The van der Waals surface area contributed by atoms with Crippen molar-refractivity contribution in [1.82, 2.24) is 24.6 Å². The molecule has 0 saturated carbocycles. The van der Waals surface area contributed by atoms with Crippen LogP contribution in [0.3, 0.4) is 0 Å². The molecule has 0 aliphatic rings. The third kappa shape index (κ3) is 3.48. The second kappa shape index (κ2) is 6.75. The quantitative estimate of drug-likeness (QED) is 0.712. The highest BCUT2D eigenvalue weighted by Crippen LogP contribution is 2.18. The van der Waals surface area contributed by atoms with Crippen molar-refractivity contribution < 1.29 is 4.39 Å². The maximum atomic E-state index is 13.1. The Bertz CT molecular complexity index is 759. The molecule has 0 amide bonds. The smallest absolute Gasteiger partial charge is 0.123 e. The van der Waals surface area contributed by atoms with E-state index in [0.29, 0.717) is 0 Å². The summed E-state index contributed by atoms with van der Waals surface area (Å²) >= 11 is 0. The molecule has 2 heterocycles. The maximum absolute atomic E-state index is 13.1. The number of benzene rings is 1. The molecule has 0 atom stereocenters. The largest absolute Gasteiger partial charge is 0.336 e. The molecule has 6 heteroatoms. The molecule has 23 heavy (non-hydrogen) atoms. The number of hydrogen-bond acceptors (Lipinski definition) is 3. The zero-order valence-corrected chi connectivity index (χ0v) is 13.3. The molecule has 1 N–H and O–H groups in total. The molecule has 3 aromatic rings. The first-order valence-electron chi connectivity index (χ1n) is 7.62. The summed E-state index contributed by atoms with van der Waals surface area (Å²) in [6.45, 7) is 6.53. The number of nitrogens with one attached hydrogen (secondary N) is 1. The Kier molecular flexibility index (Phi) is 4.52. The number of rotatable bonds is 6. The van der Waals surface area contributed by atoms with Gasteiger partial charge in [-0.1, -0.05) is 0 Å². The topological polar surface area (TPSA) is 47.7 Å².